The van der Waals surface area contributed by atoms with Crippen molar-refractivity contribution >= 4 is 5.69 Å². The summed E-state index contributed by atoms with van der Waals surface area (Å²) in [5.74, 6) is 0. The van der Waals surface area contributed by atoms with E-state index in [4.69, 9.17) is 0 Å². The van der Waals surface area contributed by atoms with Crippen LogP contribution in [0.2, 0.25) is 0 Å². The summed E-state index contributed by atoms with van der Waals surface area (Å²) in [6.45, 7) is 6.05. The van der Waals surface area contributed by atoms with E-state index in [2.05, 4.69) is 10.2 Å². The number of hydrogen-bond donors (Lipinski definition) is 1. The van der Waals surface area contributed by atoms with Crippen LogP contribution in [0.15, 0.2) is 18.2 Å². The number of hydrogen-bond acceptors (Lipinski definition) is 2. The third-order valence-electron chi connectivity index (χ3n) is 4.09. The van der Waals surface area contributed by atoms with Crippen molar-refractivity contribution in [3.63, 3.8) is 0 Å². The van der Waals surface area contributed by atoms with Gasteiger partial charge in [0.05, 0.1) is 5.56 Å². The number of nitrogens with one attached hydrogen (secondary N) is 1. The average Bonchev–Trinajstić information content (AvgIpc) is 2.75. The van der Waals surface area contributed by atoms with E-state index in [9.17, 15) is 13.2 Å². The SMILES string of the molecule is CNC(C)C1Cc2c(cccc2C(F)(F)F)N1C(C)C. The summed E-state index contributed by atoms with van der Waals surface area (Å²) in [7, 11) is 1.84. The number of likely N-dealkylation sites (N-methyl/N-ethyl adjacent to an activating group) is 1. The summed E-state index contributed by atoms with van der Waals surface area (Å²) in [6.07, 6.45) is -3.85. The van der Waals surface area contributed by atoms with E-state index in [1.54, 1.807) is 6.07 Å². The van der Waals surface area contributed by atoms with Gasteiger partial charge in [-0.1, -0.05) is 6.07 Å². The predicted octanol–water partition coefficient (Wildman–Crippen LogP) is 3.45. The number of nitrogens with zero attached hydrogens (tertiary/aromatic N) is 1. The topological polar surface area (TPSA) is 15.3 Å². The summed E-state index contributed by atoms with van der Waals surface area (Å²) < 4.78 is 39.4. The fraction of sp³-hybridized carbons (Fsp3) is 0.600. The zero-order valence-electron chi connectivity index (χ0n) is 12.3. The summed E-state index contributed by atoms with van der Waals surface area (Å²) in [5, 5.41) is 3.16. The highest BCUT2D eigenvalue weighted by Gasteiger charge is 2.41. The molecule has 1 aromatic rings. The van der Waals surface area contributed by atoms with Crippen molar-refractivity contribution in [3.8, 4) is 0 Å². The third kappa shape index (κ3) is 2.51. The zero-order valence-corrected chi connectivity index (χ0v) is 12.3. The molecule has 0 aromatic heterocycles. The van der Waals surface area contributed by atoms with Gasteiger partial charge in [-0.15, -0.1) is 0 Å². The molecule has 0 aliphatic carbocycles. The van der Waals surface area contributed by atoms with Crippen LogP contribution in [0.5, 0.6) is 0 Å². The second kappa shape index (κ2) is 5.28. The molecule has 0 saturated carbocycles. The molecule has 0 radical (unpaired) electrons. The molecule has 0 spiro atoms. The largest absolute Gasteiger partial charge is 0.416 e. The van der Waals surface area contributed by atoms with Crippen molar-refractivity contribution in [2.75, 3.05) is 11.9 Å². The van der Waals surface area contributed by atoms with E-state index >= 15 is 0 Å². The molecule has 0 amide bonds. The molecule has 0 saturated heterocycles. The Balaban J connectivity index is 2.50. The monoisotopic (exact) mass is 286 g/mol. The lowest BCUT2D eigenvalue weighted by Crippen LogP contribution is -2.48. The summed E-state index contributed by atoms with van der Waals surface area (Å²) in [5.41, 5.74) is 0.661. The molecule has 2 rings (SSSR count). The molecular formula is C15H21F3N2. The van der Waals surface area contributed by atoms with Gasteiger partial charge in [-0.05, 0) is 51.9 Å². The van der Waals surface area contributed by atoms with Crippen molar-refractivity contribution in [2.24, 2.45) is 0 Å². The van der Waals surface area contributed by atoms with Crippen molar-refractivity contribution in [3.05, 3.63) is 29.3 Å². The van der Waals surface area contributed by atoms with Crippen LogP contribution in [-0.2, 0) is 12.6 Å². The Hall–Kier alpha value is -1.23. The van der Waals surface area contributed by atoms with Crippen LogP contribution in [0.25, 0.3) is 0 Å². The lowest BCUT2D eigenvalue weighted by Gasteiger charge is -2.35. The van der Waals surface area contributed by atoms with Gasteiger partial charge in [0, 0.05) is 23.8 Å². The van der Waals surface area contributed by atoms with Crippen molar-refractivity contribution in [1.29, 1.82) is 0 Å². The van der Waals surface area contributed by atoms with Crippen molar-refractivity contribution in [2.45, 2.75) is 51.5 Å². The van der Waals surface area contributed by atoms with Gasteiger partial charge in [0.2, 0.25) is 0 Å². The van der Waals surface area contributed by atoms with Crippen LogP contribution >= 0.6 is 0 Å². The highest BCUT2D eigenvalue weighted by Crippen LogP contribution is 2.42. The van der Waals surface area contributed by atoms with Gasteiger partial charge in [-0.2, -0.15) is 13.2 Å². The normalized spacial score (nSPS) is 20.4. The van der Waals surface area contributed by atoms with Crippen LogP contribution < -0.4 is 10.2 Å². The Morgan fingerprint density at radius 1 is 1.25 bits per heavy atom. The number of rotatable bonds is 3. The van der Waals surface area contributed by atoms with Crippen molar-refractivity contribution in [1.82, 2.24) is 5.32 Å². The summed E-state index contributed by atoms with van der Waals surface area (Å²) >= 11 is 0. The maximum Gasteiger partial charge on any atom is 0.416 e. The van der Waals surface area contributed by atoms with Crippen LogP contribution in [0.1, 0.15) is 31.9 Å². The van der Waals surface area contributed by atoms with Gasteiger partial charge >= 0.3 is 6.18 Å². The molecule has 1 heterocycles. The maximum atomic E-state index is 13.1. The minimum atomic E-state index is -4.29. The van der Waals surface area contributed by atoms with Gasteiger partial charge in [0.15, 0.2) is 0 Å². The number of benzene rings is 1. The molecule has 1 aliphatic heterocycles. The van der Waals surface area contributed by atoms with E-state index in [0.717, 1.165) is 5.69 Å². The third-order valence-corrected chi connectivity index (χ3v) is 4.09. The Labute approximate surface area is 118 Å². The molecule has 5 heteroatoms. The predicted molar refractivity (Wildman–Crippen MR) is 75.1 cm³/mol. The molecule has 112 valence electrons. The van der Waals surface area contributed by atoms with Gasteiger partial charge in [0.25, 0.3) is 0 Å². The summed E-state index contributed by atoms with van der Waals surface area (Å²) in [6, 6.07) is 4.84. The van der Waals surface area contributed by atoms with Gasteiger partial charge in [0.1, 0.15) is 0 Å². The fourth-order valence-corrected chi connectivity index (χ4v) is 3.05. The molecule has 1 aromatic carbocycles. The van der Waals surface area contributed by atoms with Crippen LogP contribution in [-0.4, -0.2) is 25.2 Å². The van der Waals surface area contributed by atoms with Gasteiger partial charge in [-0.3, -0.25) is 0 Å². The lowest BCUT2D eigenvalue weighted by molar-refractivity contribution is -0.138. The average molecular weight is 286 g/mol. The summed E-state index contributed by atoms with van der Waals surface area (Å²) in [4.78, 5) is 2.10. The zero-order chi connectivity index (χ0) is 15.1. The van der Waals surface area contributed by atoms with E-state index in [-0.39, 0.29) is 18.1 Å². The number of alkyl halides is 3. The number of fused-ring (bicyclic) bond motifs is 1. The Morgan fingerprint density at radius 2 is 1.90 bits per heavy atom. The Morgan fingerprint density at radius 3 is 2.40 bits per heavy atom. The molecular weight excluding hydrogens is 265 g/mol. The second-order valence-electron chi connectivity index (χ2n) is 5.65. The molecule has 1 N–H and O–H groups in total. The molecule has 2 unspecified atom stereocenters. The van der Waals surface area contributed by atoms with E-state index in [1.165, 1.54) is 12.1 Å². The molecule has 0 bridgehead atoms. The van der Waals surface area contributed by atoms with Gasteiger partial charge in [-0.25, -0.2) is 0 Å². The van der Waals surface area contributed by atoms with E-state index < -0.39 is 11.7 Å². The Kier molecular flexibility index (Phi) is 4.00. The fourth-order valence-electron chi connectivity index (χ4n) is 3.05. The molecule has 0 fully saturated rings. The molecule has 2 atom stereocenters. The van der Waals surface area contributed by atoms with Crippen LogP contribution in [0.4, 0.5) is 18.9 Å². The Bertz CT molecular complexity index is 482. The van der Waals surface area contributed by atoms with Crippen LogP contribution in [0, 0.1) is 0 Å². The lowest BCUT2D eigenvalue weighted by atomic mass is 10.00. The minimum absolute atomic E-state index is 0.0542. The van der Waals surface area contributed by atoms with Crippen molar-refractivity contribution < 1.29 is 13.2 Å². The highest BCUT2D eigenvalue weighted by molar-refractivity contribution is 5.63. The van der Waals surface area contributed by atoms with E-state index in [0.29, 0.717) is 12.0 Å². The van der Waals surface area contributed by atoms with Crippen LogP contribution in [0.3, 0.4) is 0 Å². The first kappa shape index (κ1) is 15.2. The van der Waals surface area contributed by atoms with E-state index in [1.807, 2.05) is 27.8 Å². The minimum Gasteiger partial charge on any atom is -0.364 e. The van der Waals surface area contributed by atoms with Gasteiger partial charge < -0.3 is 10.2 Å². The highest BCUT2D eigenvalue weighted by atomic mass is 19.4. The maximum absolute atomic E-state index is 13.1. The number of halogens is 3. The molecule has 1 aliphatic rings. The quantitative estimate of drug-likeness (QED) is 0.915. The standard InChI is InChI=1S/C15H21F3N2/c1-9(2)20-13-7-5-6-12(15(16,17)18)11(13)8-14(20)10(3)19-4/h5-7,9-10,14,19H,8H2,1-4H3. The molecule has 2 nitrogen and oxygen atoms in total. The molecule has 20 heavy (non-hydrogen) atoms. The second-order valence-corrected chi connectivity index (χ2v) is 5.65. The number of anilines is 1. The first-order valence-corrected chi connectivity index (χ1v) is 6.92. The first-order valence-electron chi connectivity index (χ1n) is 6.92. The smallest absolute Gasteiger partial charge is 0.364 e. The first-order chi connectivity index (χ1) is 9.27.